The van der Waals surface area contributed by atoms with Crippen LogP contribution in [0.25, 0.3) is 12.2 Å². The number of hydrogen-bond acceptors (Lipinski definition) is 2. The molecule has 2 heteroatoms. The van der Waals surface area contributed by atoms with Crippen LogP contribution in [0, 0.1) is 0 Å². The minimum Gasteiger partial charge on any atom is -0.464 e. The van der Waals surface area contributed by atoms with E-state index in [2.05, 4.69) is 38.6 Å². The first-order valence-corrected chi connectivity index (χ1v) is 6.33. The quantitative estimate of drug-likeness (QED) is 0.911. The van der Waals surface area contributed by atoms with Gasteiger partial charge < -0.3 is 10.2 Å². The highest BCUT2D eigenvalue weighted by Gasteiger charge is 2.04. The van der Waals surface area contributed by atoms with E-state index in [1.54, 1.807) is 6.26 Å². The summed E-state index contributed by atoms with van der Waals surface area (Å²) in [6.45, 7) is 8.68. The second-order valence-corrected chi connectivity index (χ2v) is 4.81. The van der Waals surface area contributed by atoms with E-state index in [0.29, 0.717) is 6.54 Å². The Morgan fingerprint density at radius 2 is 2.11 bits per heavy atom. The van der Waals surface area contributed by atoms with E-state index in [4.69, 9.17) is 10.2 Å². The van der Waals surface area contributed by atoms with Gasteiger partial charge in [0.2, 0.25) is 0 Å². The molecule has 0 amide bonds. The van der Waals surface area contributed by atoms with Gasteiger partial charge in [-0.1, -0.05) is 36.4 Å². The molecular weight excluding hydrogens is 234 g/mol. The van der Waals surface area contributed by atoms with Crippen LogP contribution in [0.15, 0.2) is 52.7 Å². The van der Waals surface area contributed by atoms with Crippen molar-refractivity contribution in [3.63, 3.8) is 0 Å². The van der Waals surface area contributed by atoms with Crippen LogP contribution in [0.5, 0.6) is 0 Å². The van der Waals surface area contributed by atoms with Crippen LogP contribution in [0.4, 0.5) is 0 Å². The fourth-order valence-corrected chi connectivity index (χ4v) is 2.01. The molecule has 0 aliphatic rings. The van der Waals surface area contributed by atoms with Gasteiger partial charge in [0.25, 0.3) is 0 Å². The Morgan fingerprint density at radius 1 is 1.32 bits per heavy atom. The van der Waals surface area contributed by atoms with Crippen molar-refractivity contribution >= 4 is 12.2 Å². The minimum absolute atomic E-state index is 0.533. The Bertz CT molecular complexity index is 703. The Hall–Kier alpha value is -2.06. The summed E-state index contributed by atoms with van der Waals surface area (Å²) in [5.74, 6) is 0. The van der Waals surface area contributed by atoms with Crippen LogP contribution in [0.2, 0.25) is 0 Å². The van der Waals surface area contributed by atoms with Crippen LogP contribution in [-0.2, 0) is 6.54 Å². The Balaban J connectivity index is 2.74. The molecule has 0 aliphatic carbocycles. The third kappa shape index (κ3) is 3.04. The number of nitrogens with two attached hydrogens (primary N) is 1. The standard InChI is InChI=1S/C17H19NO/c1-12(2)9-16(17-13(3)7-8-19-17)15-6-4-5-14(10-15)11-18/h4-10H,3,11,18H2,1-2H3/b17-16-. The normalized spacial score (nSPS) is 12.2. The van der Waals surface area contributed by atoms with Gasteiger partial charge in [-0.2, -0.15) is 0 Å². The highest BCUT2D eigenvalue weighted by molar-refractivity contribution is 5.73. The molecule has 2 nitrogen and oxygen atoms in total. The lowest BCUT2D eigenvalue weighted by molar-refractivity contribution is 0.529. The van der Waals surface area contributed by atoms with Gasteiger partial charge in [-0.15, -0.1) is 0 Å². The van der Waals surface area contributed by atoms with Gasteiger partial charge in [-0.25, -0.2) is 0 Å². The molecule has 2 rings (SSSR count). The molecule has 1 heterocycles. The zero-order valence-corrected chi connectivity index (χ0v) is 11.4. The van der Waals surface area contributed by atoms with Crippen LogP contribution in [0.1, 0.15) is 25.0 Å². The maximum Gasteiger partial charge on any atom is 0.141 e. The smallest absolute Gasteiger partial charge is 0.141 e. The monoisotopic (exact) mass is 253 g/mol. The molecule has 1 aromatic heterocycles. The van der Waals surface area contributed by atoms with Gasteiger partial charge in [-0.3, -0.25) is 0 Å². The average Bonchev–Trinajstić information content (AvgIpc) is 2.82. The first-order chi connectivity index (χ1) is 9.11. The highest BCUT2D eigenvalue weighted by atomic mass is 16.3. The number of allylic oxidation sites excluding steroid dienone is 2. The summed E-state index contributed by atoms with van der Waals surface area (Å²) in [6, 6.07) is 10.1. The van der Waals surface area contributed by atoms with Crippen molar-refractivity contribution in [2.24, 2.45) is 5.73 Å². The third-order valence-electron chi connectivity index (χ3n) is 2.90. The Morgan fingerprint density at radius 3 is 2.68 bits per heavy atom. The first kappa shape index (κ1) is 13.4. The fourth-order valence-electron chi connectivity index (χ4n) is 2.01. The molecule has 0 radical (unpaired) electrons. The van der Waals surface area contributed by atoms with Gasteiger partial charge in [-0.05, 0) is 37.1 Å². The molecular formula is C17H19NO. The van der Waals surface area contributed by atoms with Crippen LogP contribution >= 0.6 is 0 Å². The molecule has 0 unspecified atom stereocenters. The average molecular weight is 253 g/mol. The highest BCUT2D eigenvalue weighted by Crippen LogP contribution is 2.16. The van der Waals surface area contributed by atoms with Crippen molar-refractivity contribution in [3.8, 4) is 0 Å². The number of benzene rings is 1. The van der Waals surface area contributed by atoms with Gasteiger partial charge in [0, 0.05) is 17.3 Å². The van der Waals surface area contributed by atoms with E-state index < -0.39 is 0 Å². The molecule has 0 aliphatic heterocycles. The Kier molecular flexibility index (Phi) is 4.03. The predicted octanol–water partition coefficient (Wildman–Crippen LogP) is 2.31. The zero-order chi connectivity index (χ0) is 13.8. The molecule has 19 heavy (non-hydrogen) atoms. The summed E-state index contributed by atoms with van der Waals surface area (Å²) in [5, 5.41) is 0.894. The van der Waals surface area contributed by atoms with Crippen molar-refractivity contribution in [1.82, 2.24) is 0 Å². The van der Waals surface area contributed by atoms with Crippen molar-refractivity contribution in [1.29, 1.82) is 0 Å². The van der Waals surface area contributed by atoms with E-state index in [-0.39, 0.29) is 0 Å². The zero-order valence-electron chi connectivity index (χ0n) is 11.4. The van der Waals surface area contributed by atoms with Crippen molar-refractivity contribution in [3.05, 3.63) is 70.0 Å². The maximum absolute atomic E-state index is 5.71. The molecule has 98 valence electrons. The fraction of sp³-hybridized carbons (Fsp3) is 0.176. The molecule has 0 atom stereocenters. The number of furan rings is 1. The van der Waals surface area contributed by atoms with Crippen molar-refractivity contribution in [2.75, 3.05) is 0 Å². The topological polar surface area (TPSA) is 39.2 Å². The summed E-state index contributed by atoms with van der Waals surface area (Å²) in [5.41, 5.74) is 11.0. The summed E-state index contributed by atoms with van der Waals surface area (Å²) in [4.78, 5) is 0. The van der Waals surface area contributed by atoms with Crippen LogP contribution < -0.4 is 16.4 Å². The molecule has 2 aromatic rings. The lowest BCUT2D eigenvalue weighted by Crippen LogP contribution is -2.21. The van der Waals surface area contributed by atoms with Gasteiger partial charge in [0.05, 0.1) is 6.26 Å². The molecule has 1 aromatic carbocycles. The van der Waals surface area contributed by atoms with Gasteiger partial charge in [0.15, 0.2) is 0 Å². The molecule has 0 bridgehead atoms. The van der Waals surface area contributed by atoms with Gasteiger partial charge in [0.1, 0.15) is 5.42 Å². The van der Waals surface area contributed by atoms with Crippen molar-refractivity contribution in [2.45, 2.75) is 20.4 Å². The molecule has 0 fully saturated rings. The lowest BCUT2D eigenvalue weighted by atomic mass is 10.0. The Labute approximate surface area is 113 Å². The van der Waals surface area contributed by atoms with E-state index in [0.717, 1.165) is 27.3 Å². The van der Waals surface area contributed by atoms with Crippen LogP contribution in [-0.4, -0.2) is 0 Å². The number of hydrogen-bond donors (Lipinski definition) is 1. The van der Waals surface area contributed by atoms with Crippen molar-refractivity contribution < 1.29 is 4.42 Å². The summed E-state index contributed by atoms with van der Waals surface area (Å²) in [7, 11) is 0. The first-order valence-electron chi connectivity index (χ1n) is 6.33. The molecule has 2 N–H and O–H groups in total. The molecule has 0 saturated carbocycles. The van der Waals surface area contributed by atoms with E-state index in [9.17, 15) is 0 Å². The SMILES string of the molecule is C=c1cco/c1=C(/C=C(C)C)c1cccc(CN)c1. The summed E-state index contributed by atoms with van der Waals surface area (Å²) >= 11 is 0. The second-order valence-electron chi connectivity index (χ2n) is 4.81. The van der Waals surface area contributed by atoms with E-state index in [1.807, 2.05) is 18.2 Å². The van der Waals surface area contributed by atoms with Gasteiger partial charge >= 0.3 is 0 Å². The third-order valence-corrected chi connectivity index (χ3v) is 2.90. The van der Waals surface area contributed by atoms with Crippen LogP contribution in [0.3, 0.4) is 0 Å². The predicted molar refractivity (Wildman–Crippen MR) is 79.8 cm³/mol. The number of rotatable bonds is 3. The molecule has 0 saturated heterocycles. The lowest BCUT2D eigenvalue weighted by Gasteiger charge is -2.05. The summed E-state index contributed by atoms with van der Waals surface area (Å²) < 4.78 is 5.58. The maximum atomic E-state index is 5.71. The van der Waals surface area contributed by atoms with E-state index >= 15 is 0 Å². The molecule has 0 spiro atoms. The second kappa shape index (κ2) is 5.72. The summed E-state index contributed by atoms with van der Waals surface area (Å²) in [6.07, 6.45) is 3.78. The largest absolute Gasteiger partial charge is 0.464 e. The van der Waals surface area contributed by atoms with E-state index in [1.165, 1.54) is 5.57 Å². The minimum atomic E-state index is 0.533.